The minimum atomic E-state index is -0.745. The summed E-state index contributed by atoms with van der Waals surface area (Å²) in [7, 11) is 1.37. The van der Waals surface area contributed by atoms with Gasteiger partial charge in [-0.3, -0.25) is 0 Å². The second-order valence-corrected chi connectivity index (χ2v) is 3.13. The first-order valence-corrected chi connectivity index (χ1v) is 4.34. The van der Waals surface area contributed by atoms with E-state index in [4.69, 9.17) is 10.5 Å². The SMILES string of the molecule is COc1c(F)cccc1C(N)C(C)O. The van der Waals surface area contributed by atoms with Crippen molar-refractivity contribution in [2.45, 2.75) is 19.1 Å². The summed E-state index contributed by atoms with van der Waals surface area (Å²) in [4.78, 5) is 0. The van der Waals surface area contributed by atoms with Crippen LogP contribution in [0.25, 0.3) is 0 Å². The summed E-state index contributed by atoms with van der Waals surface area (Å²) in [6.45, 7) is 1.55. The predicted molar refractivity (Wildman–Crippen MR) is 51.6 cm³/mol. The van der Waals surface area contributed by atoms with Crippen molar-refractivity contribution >= 4 is 0 Å². The lowest BCUT2D eigenvalue weighted by Gasteiger charge is -2.18. The van der Waals surface area contributed by atoms with Gasteiger partial charge in [0, 0.05) is 5.56 Å². The molecule has 0 fully saturated rings. The number of methoxy groups -OCH3 is 1. The normalized spacial score (nSPS) is 14.9. The Hall–Kier alpha value is -1.13. The molecule has 0 aliphatic rings. The van der Waals surface area contributed by atoms with Crippen LogP contribution in [-0.4, -0.2) is 18.3 Å². The van der Waals surface area contributed by atoms with Gasteiger partial charge in [0.05, 0.1) is 19.3 Å². The number of nitrogens with two attached hydrogens (primary N) is 1. The maximum absolute atomic E-state index is 13.2. The third-order valence-corrected chi connectivity index (χ3v) is 2.08. The molecule has 0 spiro atoms. The highest BCUT2D eigenvalue weighted by Crippen LogP contribution is 2.28. The van der Waals surface area contributed by atoms with E-state index in [0.29, 0.717) is 5.56 Å². The highest BCUT2D eigenvalue weighted by atomic mass is 19.1. The third-order valence-electron chi connectivity index (χ3n) is 2.08. The first-order chi connectivity index (χ1) is 6.57. The van der Waals surface area contributed by atoms with Crippen LogP contribution in [0.2, 0.25) is 0 Å². The minimum Gasteiger partial charge on any atom is -0.493 e. The molecule has 1 aromatic carbocycles. The van der Waals surface area contributed by atoms with Crippen molar-refractivity contribution in [1.82, 2.24) is 0 Å². The van der Waals surface area contributed by atoms with E-state index in [0.717, 1.165) is 0 Å². The maximum Gasteiger partial charge on any atom is 0.165 e. The molecule has 2 unspecified atom stereocenters. The van der Waals surface area contributed by atoms with Crippen LogP contribution >= 0.6 is 0 Å². The summed E-state index contributed by atoms with van der Waals surface area (Å²) in [6.07, 6.45) is -0.745. The largest absolute Gasteiger partial charge is 0.493 e. The number of ether oxygens (including phenoxy) is 1. The number of rotatable bonds is 3. The van der Waals surface area contributed by atoms with E-state index in [2.05, 4.69) is 0 Å². The van der Waals surface area contributed by atoms with Gasteiger partial charge < -0.3 is 15.6 Å². The molecule has 0 aliphatic carbocycles. The molecule has 0 bridgehead atoms. The first kappa shape index (κ1) is 10.9. The summed E-state index contributed by atoms with van der Waals surface area (Å²) >= 11 is 0. The van der Waals surface area contributed by atoms with Gasteiger partial charge in [0.2, 0.25) is 0 Å². The number of aliphatic hydroxyl groups excluding tert-OH is 1. The molecule has 3 N–H and O–H groups in total. The Morgan fingerprint density at radius 2 is 2.14 bits per heavy atom. The van der Waals surface area contributed by atoms with Crippen LogP contribution in [0, 0.1) is 5.82 Å². The lowest BCUT2D eigenvalue weighted by molar-refractivity contribution is 0.162. The molecule has 4 heteroatoms. The van der Waals surface area contributed by atoms with E-state index >= 15 is 0 Å². The van der Waals surface area contributed by atoms with Gasteiger partial charge in [-0.2, -0.15) is 0 Å². The van der Waals surface area contributed by atoms with Gasteiger partial charge in [-0.15, -0.1) is 0 Å². The molecule has 0 heterocycles. The topological polar surface area (TPSA) is 55.5 Å². The van der Waals surface area contributed by atoms with Crippen LogP contribution in [0.1, 0.15) is 18.5 Å². The molecule has 3 nitrogen and oxygen atoms in total. The van der Waals surface area contributed by atoms with Gasteiger partial charge in [-0.05, 0) is 13.0 Å². The van der Waals surface area contributed by atoms with Crippen LogP contribution in [0.15, 0.2) is 18.2 Å². The minimum absolute atomic E-state index is 0.0981. The Balaban J connectivity index is 3.13. The molecule has 0 aliphatic heterocycles. The molecule has 0 aromatic heterocycles. The average molecular weight is 199 g/mol. The molecule has 0 saturated heterocycles. The van der Waals surface area contributed by atoms with Crippen LogP contribution in [0.3, 0.4) is 0 Å². The molecule has 0 amide bonds. The number of para-hydroxylation sites is 1. The third kappa shape index (κ3) is 2.02. The quantitative estimate of drug-likeness (QED) is 0.769. The van der Waals surface area contributed by atoms with Gasteiger partial charge in [0.1, 0.15) is 0 Å². The van der Waals surface area contributed by atoms with Crippen molar-refractivity contribution in [3.63, 3.8) is 0 Å². The molecular formula is C10H14FNO2. The fourth-order valence-corrected chi connectivity index (χ4v) is 1.26. The molecular weight excluding hydrogens is 185 g/mol. The number of aliphatic hydroxyl groups is 1. The lowest BCUT2D eigenvalue weighted by atomic mass is 10.0. The Labute approximate surface area is 82.3 Å². The molecule has 78 valence electrons. The zero-order valence-corrected chi connectivity index (χ0v) is 8.20. The zero-order chi connectivity index (χ0) is 10.7. The molecule has 0 saturated carbocycles. The smallest absolute Gasteiger partial charge is 0.165 e. The molecule has 1 aromatic rings. The van der Waals surface area contributed by atoms with Crippen molar-refractivity contribution in [3.05, 3.63) is 29.6 Å². The van der Waals surface area contributed by atoms with E-state index in [1.54, 1.807) is 13.0 Å². The van der Waals surface area contributed by atoms with Gasteiger partial charge in [-0.25, -0.2) is 4.39 Å². The van der Waals surface area contributed by atoms with Gasteiger partial charge in [0.25, 0.3) is 0 Å². The first-order valence-electron chi connectivity index (χ1n) is 4.34. The zero-order valence-electron chi connectivity index (χ0n) is 8.20. The fraction of sp³-hybridized carbons (Fsp3) is 0.400. The monoisotopic (exact) mass is 199 g/mol. The fourth-order valence-electron chi connectivity index (χ4n) is 1.26. The Morgan fingerprint density at radius 3 is 2.64 bits per heavy atom. The molecule has 14 heavy (non-hydrogen) atoms. The summed E-state index contributed by atoms with van der Waals surface area (Å²) < 4.78 is 18.1. The van der Waals surface area contributed by atoms with Crippen LogP contribution in [-0.2, 0) is 0 Å². The van der Waals surface area contributed by atoms with Gasteiger partial charge in [-0.1, -0.05) is 12.1 Å². The number of hydrogen-bond acceptors (Lipinski definition) is 3. The van der Waals surface area contributed by atoms with Crippen LogP contribution in [0.5, 0.6) is 5.75 Å². The lowest BCUT2D eigenvalue weighted by Crippen LogP contribution is -2.23. The van der Waals surface area contributed by atoms with Gasteiger partial charge in [0.15, 0.2) is 11.6 Å². The number of halogens is 1. The van der Waals surface area contributed by atoms with E-state index in [1.165, 1.54) is 19.2 Å². The van der Waals surface area contributed by atoms with Crippen molar-refractivity contribution in [3.8, 4) is 5.75 Å². The van der Waals surface area contributed by atoms with Crippen LogP contribution in [0.4, 0.5) is 4.39 Å². The van der Waals surface area contributed by atoms with Crippen molar-refractivity contribution < 1.29 is 14.2 Å². The Morgan fingerprint density at radius 1 is 1.50 bits per heavy atom. The van der Waals surface area contributed by atoms with Crippen molar-refractivity contribution in [2.24, 2.45) is 5.73 Å². The van der Waals surface area contributed by atoms with E-state index in [1.807, 2.05) is 0 Å². The standard InChI is InChI=1S/C10H14FNO2/c1-6(13)9(12)7-4-3-5-8(11)10(7)14-2/h3-6,9,13H,12H2,1-2H3. The number of hydrogen-bond donors (Lipinski definition) is 2. The average Bonchev–Trinajstić information content (AvgIpc) is 2.16. The second kappa shape index (κ2) is 4.39. The summed E-state index contributed by atoms with van der Waals surface area (Å²) in [5, 5.41) is 9.28. The molecule has 1 rings (SSSR count). The summed E-state index contributed by atoms with van der Waals surface area (Å²) in [6, 6.07) is 3.83. The Kier molecular flexibility index (Phi) is 3.43. The molecule has 0 radical (unpaired) electrons. The predicted octanol–water partition coefficient (Wildman–Crippen LogP) is 1.21. The summed E-state index contributed by atoms with van der Waals surface area (Å²) in [5.41, 5.74) is 6.16. The van der Waals surface area contributed by atoms with E-state index < -0.39 is 18.0 Å². The highest BCUT2D eigenvalue weighted by Gasteiger charge is 2.18. The maximum atomic E-state index is 13.2. The number of benzene rings is 1. The molecule has 2 atom stereocenters. The summed E-state index contributed by atoms with van der Waals surface area (Å²) in [5.74, 6) is -0.373. The van der Waals surface area contributed by atoms with E-state index in [9.17, 15) is 9.50 Å². The highest BCUT2D eigenvalue weighted by molar-refractivity contribution is 5.37. The van der Waals surface area contributed by atoms with Gasteiger partial charge >= 0.3 is 0 Å². The van der Waals surface area contributed by atoms with E-state index in [-0.39, 0.29) is 5.75 Å². The Bertz CT molecular complexity index is 315. The van der Waals surface area contributed by atoms with Crippen LogP contribution < -0.4 is 10.5 Å². The second-order valence-electron chi connectivity index (χ2n) is 3.13. The van der Waals surface area contributed by atoms with Crippen molar-refractivity contribution in [1.29, 1.82) is 0 Å². The van der Waals surface area contributed by atoms with Crippen molar-refractivity contribution in [2.75, 3.05) is 7.11 Å².